The van der Waals surface area contributed by atoms with Crippen LogP contribution in [0.1, 0.15) is 11.1 Å². The second-order valence-corrected chi connectivity index (χ2v) is 2.79. The van der Waals surface area contributed by atoms with Crippen molar-refractivity contribution in [2.45, 2.75) is 6.36 Å². The Kier molecular flexibility index (Phi) is 2.88. The van der Waals surface area contributed by atoms with Gasteiger partial charge in [0.05, 0.1) is 5.56 Å². The number of nitrogens with one attached hydrogen (secondary N) is 1. The van der Waals surface area contributed by atoms with Crippen LogP contribution in [0.5, 0.6) is 5.75 Å². The molecule has 0 aliphatic rings. The number of halogens is 3. The minimum Gasteiger partial charge on any atom is -0.405 e. The van der Waals surface area contributed by atoms with Crippen LogP contribution in [0.15, 0.2) is 18.2 Å². The number of rotatable bonds is 2. The molecule has 0 spiro atoms. The van der Waals surface area contributed by atoms with Crippen molar-refractivity contribution >= 4 is 5.84 Å². The number of nitrogen functional groups attached to an aromatic ring is 1. The maximum Gasteiger partial charge on any atom is 0.573 e. The molecule has 0 heterocycles. The molecule has 0 aliphatic heterocycles. The standard InChI is InChI=1S/C9H8F3N2O/c1-5-2-3-6(8(13)14)7(4-5)15-9(10,11)12/h2-4H,1H2,(H3,13,14). The molecule has 81 valence electrons. The van der Waals surface area contributed by atoms with Crippen molar-refractivity contribution in [1.29, 1.82) is 5.41 Å². The Balaban J connectivity index is 3.13. The zero-order valence-corrected chi connectivity index (χ0v) is 7.56. The second kappa shape index (κ2) is 3.80. The smallest absolute Gasteiger partial charge is 0.405 e. The summed E-state index contributed by atoms with van der Waals surface area (Å²) in [6.07, 6.45) is -4.81. The fourth-order valence-electron chi connectivity index (χ4n) is 0.998. The summed E-state index contributed by atoms with van der Waals surface area (Å²) in [4.78, 5) is 0. The van der Waals surface area contributed by atoms with Gasteiger partial charge in [0, 0.05) is 0 Å². The highest BCUT2D eigenvalue weighted by molar-refractivity contribution is 5.97. The van der Waals surface area contributed by atoms with Crippen LogP contribution >= 0.6 is 0 Å². The predicted molar refractivity (Wildman–Crippen MR) is 48.6 cm³/mol. The van der Waals surface area contributed by atoms with E-state index in [1.807, 2.05) is 0 Å². The fraction of sp³-hybridized carbons (Fsp3) is 0.111. The normalized spacial score (nSPS) is 11.2. The van der Waals surface area contributed by atoms with Gasteiger partial charge >= 0.3 is 6.36 Å². The van der Waals surface area contributed by atoms with E-state index in [-0.39, 0.29) is 5.56 Å². The highest BCUT2D eigenvalue weighted by atomic mass is 19.4. The first-order valence-electron chi connectivity index (χ1n) is 3.86. The molecule has 0 fully saturated rings. The van der Waals surface area contributed by atoms with Crippen LogP contribution in [-0.2, 0) is 0 Å². The highest BCUT2D eigenvalue weighted by Gasteiger charge is 2.32. The largest absolute Gasteiger partial charge is 0.573 e. The lowest BCUT2D eigenvalue weighted by molar-refractivity contribution is -0.274. The van der Waals surface area contributed by atoms with Crippen LogP contribution in [0.2, 0.25) is 0 Å². The van der Waals surface area contributed by atoms with Gasteiger partial charge in [-0.3, -0.25) is 5.41 Å². The summed E-state index contributed by atoms with van der Waals surface area (Å²) in [5.41, 5.74) is 5.33. The number of benzene rings is 1. The molecule has 1 aromatic carbocycles. The highest BCUT2D eigenvalue weighted by Crippen LogP contribution is 2.27. The van der Waals surface area contributed by atoms with E-state index < -0.39 is 17.9 Å². The van der Waals surface area contributed by atoms with Gasteiger partial charge in [-0.1, -0.05) is 6.07 Å². The Morgan fingerprint density at radius 3 is 2.47 bits per heavy atom. The number of hydrogen-bond acceptors (Lipinski definition) is 2. The summed E-state index contributed by atoms with van der Waals surface area (Å²) in [7, 11) is 0. The molecule has 0 aromatic heterocycles. The Morgan fingerprint density at radius 1 is 1.40 bits per heavy atom. The summed E-state index contributed by atoms with van der Waals surface area (Å²) in [5, 5.41) is 7.06. The first-order valence-corrected chi connectivity index (χ1v) is 3.86. The van der Waals surface area contributed by atoms with E-state index in [1.165, 1.54) is 12.1 Å². The van der Waals surface area contributed by atoms with Crippen molar-refractivity contribution in [1.82, 2.24) is 0 Å². The van der Waals surface area contributed by atoms with Crippen LogP contribution in [0.3, 0.4) is 0 Å². The lowest BCUT2D eigenvalue weighted by atomic mass is 10.1. The molecule has 1 aromatic rings. The van der Waals surface area contributed by atoms with Gasteiger partial charge in [-0.2, -0.15) is 0 Å². The molecule has 0 saturated carbocycles. The zero-order chi connectivity index (χ0) is 11.6. The van der Waals surface area contributed by atoms with Crippen LogP contribution < -0.4 is 10.5 Å². The van der Waals surface area contributed by atoms with Crippen LogP contribution in [-0.4, -0.2) is 12.2 Å². The molecule has 3 N–H and O–H groups in total. The number of ether oxygens (including phenoxy) is 1. The van der Waals surface area contributed by atoms with Crippen molar-refractivity contribution in [3.8, 4) is 5.75 Å². The summed E-state index contributed by atoms with van der Waals surface area (Å²) < 4.78 is 39.6. The van der Waals surface area contributed by atoms with Crippen molar-refractivity contribution in [3.63, 3.8) is 0 Å². The van der Waals surface area contributed by atoms with Crippen molar-refractivity contribution in [2.24, 2.45) is 5.73 Å². The summed E-state index contributed by atoms with van der Waals surface area (Å²) >= 11 is 0. The van der Waals surface area contributed by atoms with Gasteiger partial charge in [-0.05, 0) is 24.6 Å². The summed E-state index contributed by atoms with van der Waals surface area (Å²) in [5.74, 6) is -1.00. The van der Waals surface area contributed by atoms with E-state index in [4.69, 9.17) is 11.1 Å². The predicted octanol–water partition coefficient (Wildman–Crippen LogP) is 2.05. The van der Waals surface area contributed by atoms with E-state index in [1.54, 1.807) is 0 Å². The lowest BCUT2D eigenvalue weighted by Gasteiger charge is -2.12. The topological polar surface area (TPSA) is 59.1 Å². The molecule has 0 amide bonds. The van der Waals surface area contributed by atoms with E-state index in [2.05, 4.69) is 11.7 Å². The Hall–Kier alpha value is -1.72. The van der Waals surface area contributed by atoms with Crippen LogP contribution in [0, 0.1) is 12.3 Å². The average Bonchev–Trinajstić information content (AvgIpc) is 1.99. The molecule has 0 unspecified atom stereocenters. The van der Waals surface area contributed by atoms with Gasteiger partial charge in [0.15, 0.2) is 0 Å². The quantitative estimate of drug-likeness (QED) is 0.588. The van der Waals surface area contributed by atoms with Gasteiger partial charge in [0.1, 0.15) is 11.6 Å². The second-order valence-electron chi connectivity index (χ2n) is 2.79. The molecule has 3 nitrogen and oxygen atoms in total. The third-order valence-electron chi connectivity index (χ3n) is 1.56. The van der Waals surface area contributed by atoms with E-state index >= 15 is 0 Å². The van der Waals surface area contributed by atoms with Crippen LogP contribution in [0.25, 0.3) is 0 Å². The van der Waals surface area contributed by atoms with Gasteiger partial charge in [0.25, 0.3) is 0 Å². The van der Waals surface area contributed by atoms with Gasteiger partial charge in [-0.25, -0.2) is 0 Å². The molecule has 1 rings (SSSR count). The van der Waals surface area contributed by atoms with Crippen LogP contribution in [0.4, 0.5) is 13.2 Å². The number of nitrogens with two attached hydrogens (primary N) is 1. The molecular formula is C9H8F3N2O. The Morgan fingerprint density at radius 2 is 2.00 bits per heavy atom. The molecule has 6 heteroatoms. The Bertz CT molecular complexity index is 387. The Labute approximate surface area is 84.2 Å². The third-order valence-corrected chi connectivity index (χ3v) is 1.56. The van der Waals surface area contributed by atoms with Crippen molar-refractivity contribution in [3.05, 3.63) is 36.2 Å². The molecule has 0 bridgehead atoms. The van der Waals surface area contributed by atoms with Gasteiger partial charge < -0.3 is 10.5 Å². The third kappa shape index (κ3) is 3.16. The number of amidine groups is 1. The maximum atomic E-state index is 12.0. The minimum atomic E-state index is -4.81. The zero-order valence-electron chi connectivity index (χ0n) is 7.56. The summed E-state index contributed by atoms with van der Waals surface area (Å²) in [6.45, 7) is 3.45. The van der Waals surface area contributed by atoms with Gasteiger partial charge in [-0.15, -0.1) is 13.2 Å². The molecule has 0 atom stereocenters. The maximum absolute atomic E-state index is 12.0. The van der Waals surface area contributed by atoms with E-state index in [0.29, 0.717) is 5.56 Å². The van der Waals surface area contributed by atoms with Gasteiger partial charge in [0.2, 0.25) is 0 Å². The summed E-state index contributed by atoms with van der Waals surface area (Å²) in [6, 6.07) is 3.77. The van der Waals surface area contributed by atoms with Crippen molar-refractivity contribution in [2.75, 3.05) is 0 Å². The molecular weight excluding hydrogens is 209 g/mol. The number of hydrogen-bond donors (Lipinski definition) is 2. The fourth-order valence-corrected chi connectivity index (χ4v) is 0.998. The van der Waals surface area contributed by atoms with Crippen molar-refractivity contribution < 1.29 is 17.9 Å². The molecule has 0 aliphatic carbocycles. The minimum absolute atomic E-state index is 0.111. The molecule has 15 heavy (non-hydrogen) atoms. The van der Waals surface area contributed by atoms with E-state index in [9.17, 15) is 13.2 Å². The molecule has 1 radical (unpaired) electrons. The number of alkyl halides is 3. The van der Waals surface area contributed by atoms with E-state index in [0.717, 1.165) is 6.07 Å². The monoisotopic (exact) mass is 217 g/mol. The molecule has 0 saturated heterocycles. The lowest BCUT2D eigenvalue weighted by Crippen LogP contribution is -2.21. The first kappa shape index (κ1) is 11.4. The SMILES string of the molecule is [CH2]c1ccc(C(=N)N)c(OC(F)(F)F)c1. The first-order chi connectivity index (χ1) is 6.79. The average molecular weight is 217 g/mol.